The normalized spacial score (nSPS) is 4.67. The molecule has 0 bridgehead atoms. The molecule has 0 fully saturated rings. The van der Waals surface area contributed by atoms with Crippen LogP contribution in [0.25, 0.3) is 0 Å². The average molecular weight is 308 g/mol. The molecule has 9 heavy (non-hydrogen) atoms. The zero-order valence-corrected chi connectivity index (χ0v) is 9.56. The molecule has 0 aliphatic carbocycles. The number of hydrogen-bond donors (Lipinski definition) is 0. The van der Waals surface area contributed by atoms with E-state index in [1.54, 1.807) is 0 Å². The molecular formula is C8H20Ir-2. The van der Waals surface area contributed by atoms with E-state index in [0.717, 1.165) is 12.8 Å². The fourth-order valence-corrected chi connectivity index (χ4v) is 0. The molecule has 0 unspecified atom stereocenters. The molecule has 0 aliphatic heterocycles. The summed E-state index contributed by atoms with van der Waals surface area (Å²) in [5, 5.41) is 0. The van der Waals surface area contributed by atoms with Crippen molar-refractivity contribution in [2.24, 2.45) is 0 Å². The molecule has 0 N–H and O–H groups in total. The molecule has 0 aromatic heterocycles. The molecule has 1 heteroatoms. The van der Waals surface area contributed by atoms with Crippen molar-refractivity contribution in [3.05, 3.63) is 13.8 Å². The van der Waals surface area contributed by atoms with Crippen molar-refractivity contribution in [2.45, 2.75) is 40.5 Å². The topological polar surface area (TPSA) is 0 Å². The van der Waals surface area contributed by atoms with Gasteiger partial charge in [0.2, 0.25) is 0 Å². The predicted octanol–water partition coefficient (Wildman–Crippen LogP) is 3.48. The monoisotopic (exact) mass is 309 g/mol. The van der Waals surface area contributed by atoms with Crippen LogP contribution in [0.2, 0.25) is 0 Å². The minimum absolute atomic E-state index is 0. The summed E-state index contributed by atoms with van der Waals surface area (Å²) in [6.07, 6.45) is 1.92. The molecule has 0 atom stereocenters. The molecule has 0 heterocycles. The fraction of sp³-hybridized carbons (Fsp3) is 0.750. The Bertz CT molecular complexity index is 6.53. The van der Waals surface area contributed by atoms with Gasteiger partial charge in [-0.15, -0.1) is 0 Å². The van der Waals surface area contributed by atoms with E-state index in [1.807, 2.05) is 27.7 Å². The van der Waals surface area contributed by atoms with E-state index in [1.165, 1.54) is 0 Å². The van der Waals surface area contributed by atoms with Crippen molar-refractivity contribution in [3.8, 4) is 0 Å². The van der Waals surface area contributed by atoms with Crippen molar-refractivity contribution in [1.29, 1.82) is 0 Å². The Morgan fingerprint density at radius 1 is 0.778 bits per heavy atom. The van der Waals surface area contributed by atoms with Gasteiger partial charge in [0.25, 0.3) is 0 Å². The predicted molar refractivity (Wildman–Crippen MR) is 42.6 cm³/mol. The van der Waals surface area contributed by atoms with Gasteiger partial charge >= 0.3 is 0 Å². The maximum absolute atomic E-state index is 3.54. The maximum atomic E-state index is 3.54. The van der Waals surface area contributed by atoms with E-state index in [4.69, 9.17) is 0 Å². The second-order valence-corrected chi connectivity index (χ2v) is 0.707. The van der Waals surface area contributed by atoms with Crippen LogP contribution in [0.15, 0.2) is 0 Å². The third-order valence-electron chi connectivity index (χ3n) is 0.250. The summed E-state index contributed by atoms with van der Waals surface area (Å²) in [5.41, 5.74) is 0. The zero-order valence-electron chi connectivity index (χ0n) is 7.16. The van der Waals surface area contributed by atoms with Crippen molar-refractivity contribution >= 4 is 0 Å². The Labute approximate surface area is 74.8 Å². The van der Waals surface area contributed by atoms with E-state index in [0.29, 0.717) is 0 Å². The summed E-state index contributed by atoms with van der Waals surface area (Å²) >= 11 is 0. The first-order valence-corrected chi connectivity index (χ1v) is 3.50. The molecule has 0 aliphatic rings. The largest absolute Gasteiger partial charge is 0.346 e. The molecule has 0 aromatic rings. The SMILES string of the molecule is CC.CC.[CH2-]CC[CH2-].[Ir]. The van der Waals surface area contributed by atoms with Crippen LogP contribution in [0.3, 0.4) is 0 Å². The van der Waals surface area contributed by atoms with E-state index in [2.05, 4.69) is 13.8 Å². The Balaban J connectivity index is -0.0000000221. The zero-order chi connectivity index (χ0) is 7.41. The van der Waals surface area contributed by atoms with Crippen molar-refractivity contribution in [2.75, 3.05) is 0 Å². The van der Waals surface area contributed by atoms with Gasteiger partial charge in [-0.3, -0.25) is 0 Å². The average Bonchev–Trinajstić information content (AvgIpc) is 1.96. The van der Waals surface area contributed by atoms with Crippen LogP contribution in [0.1, 0.15) is 40.5 Å². The molecule has 0 saturated carbocycles. The van der Waals surface area contributed by atoms with E-state index in [-0.39, 0.29) is 20.1 Å². The Hall–Kier alpha value is 0.649. The number of unbranched alkanes of at least 4 members (excludes halogenated alkanes) is 1. The van der Waals surface area contributed by atoms with Gasteiger partial charge in [0.05, 0.1) is 0 Å². The third-order valence-corrected chi connectivity index (χ3v) is 0.250. The smallest absolute Gasteiger partial charge is 0 e. The first-order valence-electron chi connectivity index (χ1n) is 3.50. The molecule has 0 spiro atoms. The number of hydrogen-bond acceptors (Lipinski definition) is 0. The van der Waals surface area contributed by atoms with Crippen LogP contribution >= 0.6 is 0 Å². The third kappa shape index (κ3) is 141. The molecule has 0 amide bonds. The first-order chi connectivity index (χ1) is 3.91. The summed E-state index contributed by atoms with van der Waals surface area (Å²) in [5.74, 6) is 0. The second-order valence-electron chi connectivity index (χ2n) is 0.707. The Morgan fingerprint density at radius 3 is 0.889 bits per heavy atom. The molecule has 1 radical (unpaired) electrons. The standard InChI is InChI=1S/C4H8.2C2H6.Ir/c1-3-4-2;2*1-2;/h1-4H2;2*1-2H3;/q-2;;;. The minimum Gasteiger partial charge on any atom is -0.346 e. The van der Waals surface area contributed by atoms with Crippen LogP contribution < -0.4 is 0 Å². The fourth-order valence-electron chi connectivity index (χ4n) is 0. The second kappa shape index (κ2) is 72.1. The molecule has 0 nitrogen and oxygen atoms in total. The Morgan fingerprint density at radius 2 is 0.889 bits per heavy atom. The molecule has 0 saturated heterocycles. The molecular weight excluding hydrogens is 288 g/mol. The van der Waals surface area contributed by atoms with Crippen LogP contribution in [-0.4, -0.2) is 0 Å². The molecule has 0 rings (SSSR count). The van der Waals surface area contributed by atoms with Gasteiger partial charge < -0.3 is 13.8 Å². The van der Waals surface area contributed by atoms with Crippen molar-refractivity contribution in [1.82, 2.24) is 0 Å². The van der Waals surface area contributed by atoms with Crippen LogP contribution in [0, 0.1) is 13.8 Å². The number of rotatable bonds is 1. The summed E-state index contributed by atoms with van der Waals surface area (Å²) in [7, 11) is 0. The van der Waals surface area contributed by atoms with Crippen LogP contribution in [-0.2, 0) is 20.1 Å². The summed E-state index contributed by atoms with van der Waals surface area (Å²) < 4.78 is 0. The van der Waals surface area contributed by atoms with Gasteiger partial charge in [0.15, 0.2) is 0 Å². The van der Waals surface area contributed by atoms with Gasteiger partial charge in [0.1, 0.15) is 0 Å². The quantitative estimate of drug-likeness (QED) is 0.651. The molecule has 0 aromatic carbocycles. The van der Waals surface area contributed by atoms with E-state index in [9.17, 15) is 0 Å². The van der Waals surface area contributed by atoms with Crippen molar-refractivity contribution < 1.29 is 20.1 Å². The minimum atomic E-state index is 0. The van der Waals surface area contributed by atoms with Gasteiger partial charge in [-0.2, -0.15) is 0 Å². The van der Waals surface area contributed by atoms with Crippen LogP contribution in [0.5, 0.6) is 0 Å². The summed E-state index contributed by atoms with van der Waals surface area (Å²) in [6.45, 7) is 15.1. The van der Waals surface area contributed by atoms with Gasteiger partial charge in [0, 0.05) is 20.1 Å². The summed E-state index contributed by atoms with van der Waals surface area (Å²) in [4.78, 5) is 0. The van der Waals surface area contributed by atoms with Crippen molar-refractivity contribution in [3.63, 3.8) is 0 Å². The van der Waals surface area contributed by atoms with E-state index < -0.39 is 0 Å². The van der Waals surface area contributed by atoms with Gasteiger partial charge in [-0.05, 0) is 0 Å². The van der Waals surface area contributed by atoms with Crippen LogP contribution in [0.4, 0.5) is 0 Å². The van der Waals surface area contributed by atoms with Gasteiger partial charge in [-0.25, -0.2) is 12.8 Å². The maximum Gasteiger partial charge on any atom is 0 e. The van der Waals surface area contributed by atoms with Gasteiger partial charge in [-0.1, -0.05) is 27.7 Å². The first kappa shape index (κ1) is 22.6. The summed E-state index contributed by atoms with van der Waals surface area (Å²) in [6, 6.07) is 0. The molecule has 63 valence electrons. The van der Waals surface area contributed by atoms with E-state index >= 15 is 0 Å². The Kier molecular flexibility index (Phi) is 181.